The zero-order chi connectivity index (χ0) is 13.7. The van der Waals surface area contributed by atoms with E-state index in [1.54, 1.807) is 0 Å². The van der Waals surface area contributed by atoms with Gasteiger partial charge in [0.05, 0.1) is 11.5 Å². The van der Waals surface area contributed by atoms with Gasteiger partial charge in [0.25, 0.3) is 0 Å². The highest BCUT2D eigenvalue weighted by Crippen LogP contribution is 2.65. The lowest BCUT2D eigenvalue weighted by atomic mass is 9.44. The van der Waals surface area contributed by atoms with Crippen LogP contribution in [0.1, 0.15) is 58.8 Å². The van der Waals surface area contributed by atoms with Crippen LogP contribution in [-0.4, -0.2) is 11.9 Å². The topological polar surface area (TPSA) is 52.9 Å². The maximum Gasteiger partial charge on any atom is 0.227 e. The maximum atomic E-state index is 12.7. The van der Waals surface area contributed by atoms with Gasteiger partial charge >= 0.3 is 0 Å². The van der Waals surface area contributed by atoms with Gasteiger partial charge in [0.15, 0.2) is 0 Å². The molecule has 0 saturated heterocycles. The van der Waals surface area contributed by atoms with Gasteiger partial charge in [-0.15, -0.1) is 0 Å². The van der Waals surface area contributed by atoms with Crippen LogP contribution in [0.15, 0.2) is 0 Å². The lowest BCUT2D eigenvalue weighted by molar-refractivity contribution is -0.155. The summed E-state index contributed by atoms with van der Waals surface area (Å²) in [5.41, 5.74) is 0.235. The molecule has 4 fully saturated rings. The van der Waals surface area contributed by atoms with Crippen molar-refractivity contribution in [3.63, 3.8) is 0 Å². The first-order chi connectivity index (χ1) is 8.98. The molecule has 19 heavy (non-hydrogen) atoms. The first-order valence-corrected chi connectivity index (χ1v) is 7.69. The van der Waals surface area contributed by atoms with Crippen LogP contribution in [0.3, 0.4) is 0 Å². The van der Waals surface area contributed by atoms with E-state index < -0.39 is 0 Å². The molecule has 4 aliphatic rings. The highest BCUT2D eigenvalue weighted by molar-refractivity contribution is 5.83. The first-order valence-electron chi connectivity index (χ1n) is 7.69. The molecule has 4 rings (SSSR count). The van der Waals surface area contributed by atoms with Crippen molar-refractivity contribution in [3.05, 3.63) is 0 Å². The normalized spacial score (nSPS) is 44.7. The van der Waals surface area contributed by atoms with Gasteiger partial charge < -0.3 is 5.32 Å². The molecular formula is C16H24N2O. The fourth-order valence-electron chi connectivity index (χ4n) is 5.52. The molecule has 1 N–H and O–H groups in total. The van der Waals surface area contributed by atoms with Crippen LogP contribution in [0.2, 0.25) is 0 Å². The van der Waals surface area contributed by atoms with Crippen molar-refractivity contribution in [2.45, 2.75) is 64.8 Å². The quantitative estimate of drug-likeness (QED) is 0.848. The molecule has 4 saturated carbocycles. The Hall–Kier alpha value is -1.04. The van der Waals surface area contributed by atoms with Crippen LogP contribution in [0, 0.1) is 34.0 Å². The molecule has 0 aliphatic heterocycles. The van der Waals surface area contributed by atoms with Crippen molar-refractivity contribution < 1.29 is 4.79 Å². The molecule has 0 heterocycles. The van der Waals surface area contributed by atoms with Crippen LogP contribution in [0.25, 0.3) is 0 Å². The molecule has 0 aromatic carbocycles. The number of nitriles is 1. The highest BCUT2D eigenvalue weighted by Gasteiger charge is 2.58. The average Bonchev–Trinajstić information content (AvgIpc) is 2.32. The van der Waals surface area contributed by atoms with Crippen LogP contribution >= 0.6 is 0 Å². The Morgan fingerprint density at radius 2 is 2.00 bits per heavy atom. The monoisotopic (exact) mass is 260 g/mol. The number of hydrogen-bond acceptors (Lipinski definition) is 2. The standard InChI is InChI=1S/C16H24N2O/c1-3-13(9-17)18-14(19)16-7-11-4-12(8-16)6-15(2,5-11)10-16/h11-13H,3-8,10H2,1-2H3,(H,18,19). The van der Waals surface area contributed by atoms with Crippen molar-refractivity contribution in [2.75, 3.05) is 0 Å². The summed E-state index contributed by atoms with van der Waals surface area (Å²) in [6.45, 7) is 4.32. The van der Waals surface area contributed by atoms with Gasteiger partial charge in [-0.25, -0.2) is 0 Å². The number of rotatable bonds is 3. The van der Waals surface area contributed by atoms with Gasteiger partial charge in [-0.3, -0.25) is 4.79 Å². The molecule has 0 radical (unpaired) electrons. The third-order valence-electron chi connectivity index (χ3n) is 5.70. The van der Waals surface area contributed by atoms with Crippen molar-refractivity contribution in [3.8, 4) is 6.07 Å². The molecule has 0 aromatic rings. The van der Waals surface area contributed by atoms with Gasteiger partial charge in [0, 0.05) is 0 Å². The number of carbonyl (C=O) groups excluding carboxylic acids is 1. The molecular weight excluding hydrogens is 236 g/mol. The summed E-state index contributed by atoms with van der Waals surface area (Å²) in [6.07, 6.45) is 7.82. The summed E-state index contributed by atoms with van der Waals surface area (Å²) >= 11 is 0. The van der Waals surface area contributed by atoms with Gasteiger partial charge in [-0.1, -0.05) is 13.8 Å². The molecule has 0 spiro atoms. The minimum atomic E-state index is -0.312. The first kappa shape index (κ1) is 13.0. The third-order valence-corrected chi connectivity index (χ3v) is 5.70. The Kier molecular flexibility index (Phi) is 2.89. The van der Waals surface area contributed by atoms with E-state index in [-0.39, 0.29) is 17.4 Å². The second-order valence-corrected chi connectivity index (χ2v) is 7.62. The Morgan fingerprint density at radius 3 is 2.47 bits per heavy atom. The molecule has 1 amide bonds. The fraction of sp³-hybridized carbons (Fsp3) is 0.875. The minimum Gasteiger partial charge on any atom is -0.340 e. The van der Waals surface area contributed by atoms with E-state index in [1.165, 1.54) is 19.3 Å². The molecule has 3 heteroatoms. The average molecular weight is 260 g/mol. The second kappa shape index (κ2) is 4.23. The Labute approximate surface area is 115 Å². The second-order valence-electron chi connectivity index (χ2n) is 7.62. The third kappa shape index (κ3) is 2.06. The van der Waals surface area contributed by atoms with E-state index in [0.29, 0.717) is 11.8 Å². The zero-order valence-electron chi connectivity index (χ0n) is 12.0. The molecule has 104 valence electrons. The minimum absolute atomic E-state index is 0.150. The Morgan fingerprint density at radius 1 is 1.37 bits per heavy atom. The lowest BCUT2D eigenvalue weighted by Gasteiger charge is -2.60. The van der Waals surface area contributed by atoms with E-state index in [1.807, 2.05) is 6.92 Å². The molecule has 3 nitrogen and oxygen atoms in total. The summed E-state index contributed by atoms with van der Waals surface area (Å²) in [5, 5.41) is 12.0. The summed E-state index contributed by atoms with van der Waals surface area (Å²) in [5.74, 6) is 1.67. The number of hydrogen-bond donors (Lipinski definition) is 1. The Bertz CT molecular complexity index is 423. The van der Waals surface area contributed by atoms with Crippen molar-refractivity contribution >= 4 is 5.91 Å². The summed E-state index contributed by atoms with van der Waals surface area (Å²) in [6, 6.07) is 1.88. The van der Waals surface area contributed by atoms with Crippen molar-refractivity contribution in [1.29, 1.82) is 5.26 Å². The number of carbonyl (C=O) groups is 1. The van der Waals surface area contributed by atoms with Crippen molar-refractivity contribution in [1.82, 2.24) is 5.32 Å². The molecule has 0 aromatic heterocycles. The predicted molar refractivity (Wildman–Crippen MR) is 73.1 cm³/mol. The van der Waals surface area contributed by atoms with Crippen LogP contribution in [0.4, 0.5) is 0 Å². The fourth-order valence-corrected chi connectivity index (χ4v) is 5.52. The van der Waals surface area contributed by atoms with E-state index in [0.717, 1.165) is 31.1 Å². The summed E-state index contributed by atoms with van der Waals surface area (Å²) < 4.78 is 0. The molecule has 3 atom stereocenters. The van der Waals surface area contributed by atoms with Gasteiger partial charge in [0.1, 0.15) is 6.04 Å². The van der Waals surface area contributed by atoms with Gasteiger partial charge in [0.2, 0.25) is 5.91 Å². The largest absolute Gasteiger partial charge is 0.340 e. The van der Waals surface area contributed by atoms with E-state index >= 15 is 0 Å². The predicted octanol–water partition coefficient (Wildman–Crippen LogP) is 3.01. The van der Waals surface area contributed by atoms with Gasteiger partial charge in [-0.2, -0.15) is 5.26 Å². The number of nitrogens with zero attached hydrogens (tertiary/aromatic N) is 1. The van der Waals surface area contributed by atoms with Crippen LogP contribution < -0.4 is 5.32 Å². The van der Waals surface area contributed by atoms with Crippen LogP contribution in [0.5, 0.6) is 0 Å². The highest BCUT2D eigenvalue weighted by atomic mass is 16.2. The molecule has 3 unspecified atom stereocenters. The zero-order valence-corrected chi connectivity index (χ0v) is 12.0. The molecule has 4 bridgehead atoms. The SMILES string of the molecule is CCC(C#N)NC(=O)C12CC3CC(CC(C)(C3)C1)C2. The summed E-state index contributed by atoms with van der Waals surface area (Å²) in [7, 11) is 0. The van der Waals surface area contributed by atoms with E-state index in [4.69, 9.17) is 5.26 Å². The van der Waals surface area contributed by atoms with Gasteiger partial charge in [-0.05, 0) is 62.2 Å². The number of nitrogens with one attached hydrogen (secondary N) is 1. The Balaban J connectivity index is 1.80. The molecule has 4 aliphatic carbocycles. The smallest absolute Gasteiger partial charge is 0.227 e. The van der Waals surface area contributed by atoms with E-state index in [9.17, 15) is 4.79 Å². The maximum absolute atomic E-state index is 12.7. The van der Waals surface area contributed by atoms with Crippen molar-refractivity contribution in [2.24, 2.45) is 22.7 Å². The lowest BCUT2D eigenvalue weighted by Crippen LogP contribution is -2.57. The number of amides is 1. The van der Waals surface area contributed by atoms with E-state index in [2.05, 4.69) is 18.3 Å². The summed E-state index contributed by atoms with van der Waals surface area (Å²) in [4.78, 5) is 12.7. The van der Waals surface area contributed by atoms with Crippen LogP contribution in [-0.2, 0) is 4.79 Å².